The van der Waals surface area contributed by atoms with Crippen molar-refractivity contribution in [1.82, 2.24) is 5.32 Å². The van der Waals surface area contributed by atoms with Crippen LogP contribution < -0.4 is 14.8 Å². The maximum atomic E-state index is 11.7. The minimum Gasteiger partial charge on any atom is -0.490 e. The molecule has 0 spiro atoms. The number of hydrogen-bond donors (Lipinski definition) is 1. The van der Waals surface area contributed by atoms with Gasteiger partial charge in [-0.25, -0.2) is 0 Å². The van der Waals surface area contributed by atoms with Gasteiger partial charge in [0.15, 0.2) is 11.5 Å². The Labute approximate surface area is 131 Å². The predicted molar refractivity (Wildman–Crippen MR) is 85.6 cm³/mol. The molecule has 0 saturated heterocycles. The molecule has 1 amide bonds. The number of carbonyl (C=O) groups is 1. The van der Waals surface area contributed by atoms with Crippen molar-refractivity contribution in [3.8, 4) is 17.6 Å². The fourth-order valence-corrected chi connectivity index (χ4v) is 1.70. The Hall–Kier alpha value is -2.48. The van der Waals surface area contributed by atoms with E-state index in [9.17, 15) is 4.79 Å². The van der Waals surface area contributed by atoms with Crippen molar-refractivity contribution in [2.45, 2.75) is 20.8 Å². The molecule has 5 nitrogen and oxygen atoms in total. The summed E-state index contributed by atoms with van der Waals surface area (Å²) in [5.41, 5.74) is 0.843. The van der Waals surface area contributed by atoms with E-state index in [-0.39, 0.29) is 11.8 Å². The average molecular weight is 302 g/mol. The van der Waals surface area contributed by atoms with Crippen LogP contribution in [0.5, 0.6) is 11.5 Å². The van der Waals surface area contributed by atoms with Crippen molar-refractivity contribution in [2.24, 2.45) is 5.92 Å². The Morgan fingerprint density at radius 1 is 1.32 bits per heavy atom. The number of nitrogens with one attached hydrogen (secondary N) is 1. The third-order valence-electron chi connectivity index (χ3n) is 2.80. The quantitative estimate of drug-likeness (QED) is 0.750. The Balaban J connectivity index is 2.72. The molecule has 0 aliphatic carbocycles. The van der Waals surface area contributed by atoms with E-state index in [0.717, 1.165) is 5.56 Å². The highest BCUT2D eigenvalue weighted by Crippen LogP contribution is 2.28. The van der Waals surface area contributed by atoms with Gasteiger partial charge in [0.2, 0.25) is 5.91 Å². The van der Waals surface area contributed by atoms with E-state index in [2.05, 4.69) is 11.4 Å². The van der Waals surface area contributed by atoms with Gasteiger partial charge >= 0.3 is 0 Å². The molecule has 118 valence electrons. The van der Waals surface area contributed by atoms with Crippen molar-refractivity contribution in [1.29, 1.82) is 5.26 Å². The summed E-state index contributed by atoms with van der Waals surface area (Å²) in [5.74, 6) is 0.917. The molecule has 1 rings (SSSR count). The molecular formula is C17H22N2O3. The van der Waals surface area contributed by atoms with Crippen molar-refractivity contribution in [2.75, 3.05) is 19.8 Å². The predicted octanol–water partition coefficient (Wildman–Crippen LogP) is 2.77. The van der Waals surface area contributed by atoms with Crippen LogP contribution in [0.1, 0.15) is 26.3 Å². The van der Waals surface area contributed by atoms with Gasteiger partial charge in [-0.1, -0.05) is 6.07 Å². The van der Waals surface area contributed by atoms with Gasteiger partial charge in [-0.2, -0.15) is 5.26 Å². The molecule has 1 unspecified atom stereocenters. The first-order chi connectivity index (χ1) is 10.6. The minimum absolute atomic E-state index is 0.201. The van der Waals surface area contributed by atoms with Crippen molar-refractivity contribution in [3.05, 3.63) is 29.8 Å². The van der Waals surface area contributed by atoms with Crippen molar-refractivity contribution < 1.29 is 14.3 Å². The summed E-state index contributed by atoms with van der Waals surface area (Å²) in [5, 5.41) is 11.3. The van der Waals surface area contributed by atoms with Gasteiger partial charge in [-0.15, -0.1) is 0 Å². The minimum atomic E-state index is -0.228. The van der Waals surface area contributed by atoms with Crippen LogP contribution in [0, 0.1) is 17.2 Å². The van der Waals surface area contributed by atoms with Gasteiger partial charge in [0, 0.05) is 12.6 Å². The fourth-order valence-electron chi connectivity index (χ4n) is 1.70. The van der Waals surface area contributed by atoms with Crippen LogP contribution in [-0.4, -0.2) is 25.7 Å². The zero-order chi connectivity index (χ0) is 16.4. The SMILES string of the molecule is CCOc1ccc(C=CC(=O)NCC(C)C#N)cc1OCC. The zero-order valence-electron chi connectivity index (χ0n) is 13.3. The number of ether oxygens (including phenoxy) is 2. The molecule has 0 heterocycles. The Kier molecular flexibility index (Phi) is 7.55. The van der Waals surface area contributed by atoms with Gasteiger partial charge in [-0.05, 0) is 44.5 Å². The van der Waals surface area contributed by atoms with Gasteiger partial charge in [-0.3, -0.25) is 4.79 Å². The summed E-state index contributed by atoms with van der Waals surface area (Å²) in [4.78, 5) is 11.7. The summed E-state index contributed by atoms with van der Waals surface area (Å²) in [6, 6.07) is 7.57. The summed E-state index contributed by atoms with van der Waals surface area (Å²) in [7, 11) is 0. The second kappa shape index (κ2) is 9.46. The summed E-state index contributed by atoms with van der Waals surface area (Å²) in [6.45, 7) is 7.02. The zero-order valence-corrected chi connectivity index (χ0v) is 13.3. The number of rotatable bonds is 8. The molecule has 0 aromatic heterocycles. The lowest BCUT2D eigenvalue weighted by Gasteiger charge is -2.11. The number of nitrogens with zero attached hydrogens (tertiary/aromatic N) is 1. The highest BCUT2D eigenvalue weighted by atomic mass is 16.5. The number of nitriles is 1. The van der Waals surface area contributed by atoms with E-state index >= 15 is 0 Å². The average Bonchev–Trinajstić information content (AvgIpc) is 2.53. The third-order valence-corrected chi connectivity index (χ3v) is 2.80. The summed E-state index contributed by atoms with van der Waals surface area (Å²) < 4.78 is 11.0. The highest BCUT2D eigenvalue weighted by Gasteiger charge is 2.05. The number of amides is 1. The Morgan fingerprint density at radius 2 is 2.00 bits per heavy atom. The van der Waals surface area contributed by atoms with E-state index in [0.29, 0.717) is 31.3 Å². The van der Waals surface area contributed by atoms with E-state index < -0.39 is 0 Å². The van der Waals surface area contributed by atoms with Crippen LogP contribution >= 0.6 is 0 Å². The van der Waals surface area contributed by atoms with Crippen LogP contribution in [0.4, 0.5) is 0 Å². The Bertz CT molecular complexity index is 562. The third kappa shape index (κ3) is 5.88. The van der Waals surface area contributed by atoms with Crippen LogP contribution in [0.2, 0.25) is 0 Å². The van der Waals surface area contributed by atoms with E-state index in [1.165, 1.54) is 6.08 Å². The fraction of sp³-hybridized carbons (Fsp3) is 0.412. The van der Waals surface area contributed by atoms with Crippen LogP contribution in [0.25, 0.3) is 6.08 Å². The van der Waals surface area contributed by atoms with Gasteiger partial charge in [0.25, 0.3) is 0 Å². The molecule has 1 aromatic rings. The van der Waals surface area contributed by atoms with Crippen LogP contribution in [0.15, 0.2) is 24.3 Å². The highest BCUT2D eigenvalue weighted by molar-refractivity contribution is 5.91. The first-order valence-corrected chi connectivity index (χ1v) is 7.35. The molecule has 1 aromatic carbocycles. The standard InChI is InChI=1S/C17H22N2O3/c1-4-21-15-8-6-14(10-16(15)22-5-2)7-9-17(20)19-12-13(3)11-18/h6-10,13H,4-5,12H2,1-3H3,(H,19,20). The van der Waals surface area contributed by atoms with Gasteiger partial charge in [0.1, 0.15) is 0 Å². The largest absolute Gasteiger partial charge is 0.490 e. The molecule has 1 atom stereocenters. The monoisotopic (exact) mass is 302 g/mol. The Morgan fingerprint density at radius 3 is 2.64 bits per heavy atom. The molecule has 0 bridgehead atoms. The second-order valence-corrected chi connectivity index (χ2v) is 4.68. The van der Waals surface area contributed by atoms with Crippen molar-refractivity contribution >= 4 is 12.0 Å². The first-order valence-electron chi connectivity index (χ1n) is 7.35. The van der Waals surface area contributed by atoms with E-state index in [4.69, 9.17) is 14.7 Å². The molecule has 0 saturated carbocycles. The lowest BCUT2D eigenvalue weighted by atomic mass is 10.2. The molecule has 22 heavy (non-hydrogen) atoms. The second-order valence-electron chi connectivity index (χ2n) is 4.68. The topological polar surface area (TPSA) is 71.3 Å². The molecule has 5 heteroatoms. The molecule has 0 aliphatic rings. The van der Waals surface area contributed by atoms with E-state index in [1.54, 1.807) is 13.0 Å². The van der Waals surface area contributed by atoms with Crippen LogP contribution in [0.3, 0.4) is 0 Å². The molecule has 0 fully saturated rings. The number of hydrogen-bond acceptors (Lipinski definition) is 4. The summed E-state index contributed by atoms with van der Waals surface area (Å²) >= 11 is 0. The molecule has 0 aliphatic heterocycles. The van der Waals surface area contributed by atoms with Crippen LogP contribution in [-0.2, 0) is 4.79 Å². The van der Waals surface area contributed by atoms with Crippen molar-refractivity contribution in [3.63, 3.8) is 0 Å². The van der Waals surface area contributed by atoms with Gasteiger partial charge < -0.3 is 14.8 Å². The molecule has 1 N–H and O–H groups in total. The number of benzene rings is 1. The molecule has 0 radical (unpaired) electrons. The lowest BCUT2D eigenvalue weighted by molar-refractivity contribution is -0.116. The maximum absolute atomic E-state index is 11.7. The smallest absolute Gasteiger partial charge is 0.244 e. The number of carbonyl (C=O) groups excluding carboxylic acids is 1. The lowest BCUT2D eigenvalue weighted by Crippen LogP contribution is -2.25. The maximum Gasteiger partial charge on any atom is 0.244 e. The normalized spacial score (nSPS) is 11.7. The first kappa shape index (κ1) is 17.6. The van der Waals surface area contributed by atoms with Gasteiger partial charge in [0.05, 0.1) is 25.2 Å². The van der Waals surface area contributed by atoms with E-state index in [1.807, 2.05) is 32.0 Å². The summed E-state index contributed by atoms with van der Waals surface area (Å²) in [6.07, 6.45) is 3.14. The molecular weight excluding hydrogens is 280 g/mol.